The minimum Gasteiger partial charge on any atom is -0.373 e. The zero-order valence-corrected chi connectivity index (χ0v) is 10.7. The third-order valence-corrected chi connectivity index (χ3v) is 3.29. The molecule has 0 spiro atoms. The lowest BCUT2D eigenvalue weighted by Gasteiger charge is -2.15. The zero-order chi connectivity index (χ0) is 12.1. The molecule has 5 nitrogen and oxygen atoms in total. The lowest BCUT2D eigenvalue weighted by Crippen LogP contribution is -2.10. The minimum atomic E-state index is 0.203. The quantitative estimate of drug-likeness (QED) is 0.852. The van der Waals surface area contributed by atoms with Gasteiger partial charge in [-0.2, -0.15) is 0 Å². The third kappa shape index (κ3) is 2.91. The average Bonchev–Trinajstić information content (AvgIpc) is 2.90. The van der Waals surface area contributed by atoms with Gasteiger partial charge >= 0.3 is 0 Å². The summed E-state index contributed by atoms with van der Waals surface area (Å²) in [6.07, 6.45) is 4.33. The molecule has 0 radical (unpaired) electrons. The molecule has 2 heterocycles. The Labute approximate surface area is 104 Å². The first kappa shape index (κ1) is 11.8. The van der Waals surface area contributed by atoms with Crippen LogP contribution in [-0.4, -0.2) is 22.0 Å². The number of anilines is 2. The number of hydrogen-bond acceptors (Lipinski definition) is 6. The Kier molecular flexibility index (Phi) is 3.87. The molecule has 2 N–H and O–H groups in total. The second-order valence-electron chi connectivity index (χ2n) is 3.51. The first-order valence-corrected chi connectivity index (χ1v) is 6.37. The number of aromatic nitrogens is 3. The van der Waals surface area contributed by atoms with Gasteiger partial charge in [-0.3, -0.25) is 0 Å². The van der Waals surface area contributed by atoms with Gasteiger partial charge in [-0.15, -0.1) is 11.3 Å². The molecule has 2 rings (SSSR count). The van der Waals surface area contributed by atoms with E-state index in [0.717, 1.165) is 23.1 Å². The van der Waals surface area contributed by atoms with E-state index < -0.39 is 0 Å². The lowest BCUT2D eigenvalue weighted by atomic mass is 10.2. The molecule has 6 heteroatoms. The van der Waals surface area contributed by atoms with Crippen LogP contribution in [0.25, 0.3) is 0 Å². The third-order valence-electron chi connectivity index (χ3n) is 2.40. The number of thiazole rings is 1. The second kappa shape index (κ2) is 5.58. The summed E-state index contributed by atoms with van der Waals surface area (Å²) in [5, 5.41) is 9.42. The first-order valence-electron chi connectivity index (χ1n) is 5.49. The van der Waals surface area contributed by atoms with Gasteiger partial charge in [-0.05, 0) is 6.42 Å². The van der Waals surface area contributed by atoms with E-state index in [4.69, 9.17) is 0 Å². The predicted molar refractivity (Wildman–Crippen MR) is 70.3 cm³/mol. The van der Waals surface area contributed by atoms with E-state index in [0.29, 0.717) is 0 Å². The van der Waals surface area contributed by atoms with Crippen LogP contribution in [-0.2, 0) is 0 Å². The van der Waals surface area contributed by atoms with Gasteiger partial charge in [-0.25, -0.2) is 15.0 Å². The van der Waals surface area contributed by atoms with E-state index >= 15 is 0 Å². The summed E-state index contributed by atoms with van der Waals surface area (Å²) in [5.41, 5.74) is 0. The molecule has 2 aromatic rings. The van der Waals surface area contributed by atoms with Crippen molar-refractivity contribution in [1.82, 2.24) is 15.0 Å². The molecule has 0 aliphatic carbocycles. The van der Waals surface area contributed by atoms with Gasteiger partial charge in [0.25, 0.3) is 0 Å². The second-order valence-corrected chi connectivity index (χ2v) is 4.44. The van der Waals surface area contributed by atoms with Crippen LogP contribution in [0.3, 0.4) is 0 Å². The Morgan fingerprint density at radius 3 is 2.76 bits per heavy atom. The van der Waals surface area contributed by atoms with Crippen molar-refractivity contribution in [2.45, 2.75) is 19.4 Å². The van der Waals surface area contributed by atoms with Crippen molar-refractivity contribution in [3.63, 3.8) is 0 Å². The first-order chi connectivity index (χ1) is 8.33. The van der Waals surface area contributed by atoms with Crippen molar-refractivity contribution in [3.8, 4) is 0 Å². The zero-order valence-electron chi connectivity index (χ0n) is 9.84. The monoisotopic (exact) mass is 249 g/mol. The van der Waals surface area contributed by atoms with E-state index in [1.54, 1.807) is 17.7 Å². The van der Waals surface area contributed by atoms with Gasteiger partial charge in [0, 0.05) is 24.7 Å². The van der Waals surface area contributed by atoms with Crippen LogP contribution in [0, 0.1) is 0 Å². The highest BCUT2D eigenvalue weighted by atomic mass is 32.1. The van der Waals surface area contributed by atoms with Crippen LogP contribution in [0.4, 0.5) is 11.6 Å². The highest BCUT2D eigenvalue weighted by molar-refractivity contribution is 7.09. The van der Waals surface area contributed by atoms with Gasteiger partial charge < -0.3 is 10.6 Å². The Balaban J connectivity index is 2.13. The average molecular weight is 249 g/mol. The summed E-state index contributed by atoms with van der Waals surface area (Å²) >= 11 is 1.65. The molecule has 0 aliphatic rings. The fourth-order valence-corrected chi connectivity index (χ4v) is 2.27. The number of rotatable bonds is 5. The molecule has 17 heavy (non-hydrogen) atoms. The fraction of sp³-hybridized carbons (Fsp3) is 0.364. The normalized spacial score (nSPS) is 12.1. The van der Waals surface area contributed by atoms with E-state index in [9.17, 15) is 0 Å². The van der Waals surface area contributed by atoms with Gasteiger partial charge in [0.05, 0.1) is 6.04 Å². The molecule has 0 aliphatic heterocycles. The number of hydrogen-bond donors (Lipinski definition) is 2. The van der Waals surface area contributed by atoms with Crippen LogP contribution in [0.15, 0.2) is 24.0 Å². The van der Waals surface area contributed by atoms with E-state index in [-0.39, 0.29) is 6.04 Å². The van der Waals surface area contributed by atoms with Crippen LogP contribution >= 0.6 is 11.3 Å². The molecule has 0 fully saturated rings. The highest BCUT2D eigenvalue weighted by Crippen LogP contribution is 2.23. The summed E-state index contributed by atoms with van der Waals surface area (Å²) < 4.78 is 0. The Morgan fingerprint density at radius 2 is 2.12 bits per heavy atom. The lowest BCUT2D eigenvalue weighted by molar-refractivity contribution is 0.737. The van der Waals surface area contributed by atoms with Crippen LogP contribution in [0.1, 0.15) is 24.4 Å². The van der Waals surface area contributed by atoms with Crippen molar-refractivity contribution in [2.24, 2.45) is 0 Å². The summed E-state index contributed by atoms with van der Waals surface area (Å²) in [7, 11) is 1.84. The molecule has 0 aromatic carbocycles. The number of nitrogens with one attached hydrogen (secondary N) is 2. The number of nitrogens with zero attached hydrogens (tertiary/aromatic N) is 3. The molecule has 0 saturated heterocycles. The molecule has 0 amide bonds. The molecular weight excluding hydrogens is 234 g/mol. The summed E-state index contributed by atoms with van der Waals surface area (Å²) in [6, 6.07) is 2.09. The summed E-state index contributed by atoms with van der Waals surface area (Å²) in [4.78, 5) is 12.6. The minimum absolute atomic E-state index is 0.203. The van der Waals surface area contributed by atoms with Crippen molar-refractivity contribution in [1.29, 1.82) is 0 Å². The van der Waals surface area contributed by atoms with E-state index in [1.165, 1.54) is 0 Å². The van der Waals surface area contributed by atoms with Crippen LogP contribution < -0.4 is 10.6 Å². The fourth-order valence-electron chi connectivity index (χ4n) is 1.50. The molecule has 2 aromatic heterocycles. The Bertz CT molecular complexity index is 457. The van der Waals surface area contributed by atoms with Crippen molar-refractivity contribution in [3.05, 3.63) is 29.0 Å². The van der Waals surface area contributed by atoms with Gasteiger partial charge in [0.1, 0.15) is 23.0 Å². The van der Waals surface area contributed by atoms with Gasteiger partial charge in [0.15, 0.2) is 0 Å². The molecule has 1 atom stereocenters. The molecular formula is C11H15N5S. The van der Waals surface area contributed by atoms with Crippen LogP contribution in [0.2, 0.25) is 0 Å². The van der Waals surface area contributed by atoms with E-state index in [1.807, 2.05) is 24.7 Å². The van der Waals surface area contributed by atoms with Gasteiger partial charge in [-0.1, -0.05) is 6.92 Å². The van der Waals surface area contributed by atoms with E-state index in [2.05, 4.69) is 32.5 Å². The van der Waals surface area contributed by atoms with Crippen LogP contribution in [0.5, 0.6) is 0 Å². The summed E-state index contributed by atoms with van der Waals surface area (Å²) in [5.74, 6) is 1.61. The highest BCUT2D eigenvalue weighted by Gasteiger charge is 2.12. The maximum atomic E-state index is 4.32. The maximum Gasteiger partial charge on any atom is 0.132 e. The molecule has 0 saturated carbocycles. The SMILES string of the molecule is CCC(Nc1cc(NC)ncn1)c1nccs1. The van der Waals surface area contributed by atoms with Crippen molar-refractivity contribution in [2.75, 3.05) is 17.7 Å². The smallest absolute Gasteiger partial charge is 0.132 e. The summed E-state index contributed by atoms with van der Waals surface area (Å²) in [6.45, 7) is 2.12. The molecule has 90 valence electrons. The molecule has 0 bridgehead atoms. The van der Waals surface area contributed by atoms with Gasteiger partial charge in [0.2, 0.25) is 0 Å². The Hall–Kier alpha value is -1.69. The van der Waals surface area contributed by atoms with Crippen molar-refractivity contribution < 1.29 is 0 Å². The molecule has 1 unspecified atom stereocenters. The maximum absolute atomic E-state index is 4.32. The largest absolute Gasteiger partial charge is 0.373 e. The Morgan fingerprint density at radius 1 is 1.29 bits per heavy atom. The standard InChI is InChI=1S/C11H15N5S/c1-3-8(11-13-4-5-17-11)16-10-6-9(12-2)14-7-15-10/h4-8H,3H2,1-2H3,(H2,12,14,15,16). The topological polar surface area (TPSA) is 62.7 Å². The predicted octanol–water partition coefficient (Wildman–Crippen LogP) is 2.54. The van der Waals surface area contributed by atoms with Crippen molar-refractivity contribution >= 4 is 23.0 Å².